The molecule has 3 nitrogen and oxygen atoms in total. The number of halogens is 1. The van der Waals surface area contributed by atoms with Gasteiger partial charge in [-0.2, -0.15) is 0 Å². The van der Waals surface area contributed by atoms with E-state index in [9.17, 15) is 5.11 Å². The average Bonchev–Trinajstić information content (AvgIpc) is 2.81. The van der Waals surface area contributed by atoms with Gasteiger partial charge in [-0.3, -0.25) is 0 Å². The van der Waals surface area contributed by atoms with Gasteiger partial charge in [-0.25, -0.2) is 0 Å². The summed E-state index contributed by atoms with van der Waals surface area (Å²) < 4.78 is 6.84. The summed E-state index contributed by atoms with van der Waals surface area (Å²) in [5.41, 5.74) is 2.47. The lowest BCUT2D eigenvalue weighted by Gasteiger charge is -2.49. The summed E-state index contributed by atoms with van der Waals surface area (Å²) in [6.07, 6.45) is 1.65. The molecule has 0 radical (unpaired) electrons. The molecule has 0 amide bonds. The van der Waals surface area contributed by atoms with Crippen LogP contribution >= 0.6 is 15.9 Å². The Labute approximate surface area is 122 Å². The maximum Gasteiger partial charge on any atom is 0.127 e. The molecule has 1 aliphatic heterocycles. The Morgan fingerprint density at radius 2 is 2.26 bits per heavy atom. The summed E-state index contributed by atoms with van der Waals surface area (Å²) in [6, 6.07) is 4.64. The first-order chi connectivity index (χ1) is 8.98. The van der Waals surface area contributed by atoms with Gasteiger partial charge in [0.1, 0.15) is 5.75 Å². The zero-order valence-corrected chi connectivity index (χ0v) is 13.0. The van der Waals surface area contributed by atoms with Crippen LogP contribution in [0.2, 0.25) is 0 Å². The summed E-state index contributed by atoms with van der Waals surface area (Å²) >= 11 is 3.56. The van der Waals surface area contributed by atoms with Gasteiger partial charge in [0.15, 0.2) is 0 Å². The Morgan fingerprint density at radius 1 is 1.47 bits per heavy atom. The van der Waals surface area contributed by atoms with E-state index >= 15 is 0 Å². The molecule has 0 bridgehead atoms. The Balaban J connectivity index is 1.71. The second kappa shape index (κ2) is 4.76. The molecule has 1 aliphatic carbocycles. The van der Waals surface area contributed by atoms with E-state index in [2.05, 4.69) is 47.2 Å². The Bertz CT molecular complexity index is 501. The van der Waals surface area contributed by atoms with Crippen LogP contribution in [0.5, 0.6) is 5.75 Å². The molecule has 2 aliphatic rings. The minimum absolute atomic E-state index is 0.0317. The highest BCUT2D eigenvalue weighted by Gasteiger charge is 2.46. The lowest BCUT2D eigenvalue weighted by molar-refractivity contribution is -0.0730. The first-order valence-corrected chi connectivity index (χ1v) is 7.63. The van der Waals surface area contributed by atoms with Crippen molar-refractivity contribution in [3.8, 4) is 5.75 Å². The summed E-state index contributed by atoms with van der Waals surface area (Å²) in [7, 11) is 0. The molecule has 0 spiro atoms. The van der Waals surface area contributed by atoms with Gasteiger partial charge in [-0.15, -0.1) is 0 Å². The molecule has 1 heterocycles. The average molecular weight is 326 g/mol. The van der Waals surface area contributed by atoms with E-state index in [0.29, 0.717) is 6.04 Å². The molecule has 1 aromatic rings. The van der Waals surface area contributed by atoms with Gasteiger partial charge in [-0.1, -0.05) is 29.8 Å². The van der Waals surface area contributed by atoms with E-state index in [1.807, 2.05) is 0 Å². The number of aliphatic hydroxyl groups is 1. The normalized spacial score (nSPS) is 27.6. The predicted molar refractivity (Wildman–Crippen MR) is 78.4 cm³/mol. The number of nitrogens with one attached hydrogen (secondary N) is 1. The van der Waals surface area contributed by atoms with Crippen molar-refractivity contribution in [2.24, 2.45) is 5.41 Å². The van der Waals surface area contributed by atoms with Crippen molar-refractivity contribution in [1.29, 1.82) is 0 Å². The van der Waals surface area contributed by atoms with Gasteiger partial charge >= 0.3 is 0 Å². The van der Waals surface area contributed by atoms with Crippen LogP contribution in [0.25, 0.3) is 0 Å². The molecule has 19 heavy (non-hydrogen) atoms. The van der Waals surface area contributed by atoms with E-state index in [4.69, 9.17) is 4.74 Å². The van der Waals surface area contributed by atoms with E-state index in [-0.39, 0.29) is 11.5 Å². The van der Waals surface area contributed by atoms with Crippen molar-refractivity contribution in [2.45, 2.75) is 45.4 Å². The van der Waals surface area contributed by atoms with Crippen LogP contribution in [0.4, 0.5) is 0 Å². The second-order valence-corrected chi connectivity index (χ2v) is 7.07. The van der Waals surface area contributed by atoms with Gasteiger partial charge < -0.3 is 15.2 Å². The van der Waals surface area contributed by atoms with Crippen molar-refractivity contribution in [3.63, 3.8) is 0 Å². The quantitative estimate of drug-likeness (QED) is 0.897. The number of hydrogen-bond donors (Lipinski definition) is 2. The third-order valence-corrected chi connectivity index (χ3v) is 5.04. The van der Waals surface area contributed by atoms with Crippen LogP contribution in [-0.4, -0.2) is 23.9 Å². The van der Waals surface area contributed by atoms with Crippen LogP contribution < -0.4 is 10.1 Å². The van der Waals surface area contributed by atoms with E-state index in [1.54, 1.807) is 0 Å². The van der Waals surface area contributed by atoms with Crippen molar-refractivity contribution >= 4 is 15.9 Å². The maximum absolute atomic E-state index is 9.77. The monoisotopic (exact) mass is 325 g/mol. The summed E-state index contributed by atoms with van der Waals surface area (Å²) in [5, 5.41) is 13.3. The predicted octanol–water partition coefficient (Wildman–Crippen LogP) is 2.63. The molecule has 2 unspecified atom stereocenters. The third kappa shape index (κ3) is 2.30. The Kier molecular flexibility index (Phi) is 3.36. The van der Waals surface area contributed by atoms with Crippen molar-refractivity contribution in [3.05, 3.63) is 27.7 Å². The van der Waals surface area contributed by atoms with Gasteiger partial charge in [-0.05, 0) is 24.1 Å². The first-order valence-electron chi connectivity index (χ1n) is 6.84. The number of fused-ring (bicyclic) bond motifs is 1. The van der Waals surface area contributed by atoms with Gasteiger partial charge in [0.2, 0.25) is 0 Å². The van der Waals surface area contributed by atoms with Crippen LogP contribution in [0.15, 0.2) is 16.6 Å². The SMILES string of the molecule is CC1(C)C(O)CC1NCc1cc(Br)cc2c1OCC2. The maximum atomic E-state index is 9.77. The highest BCUT2D eigenvalue weighted by Crippen LogP contribution is 2.41. The molecule has 3 rings (SSSR count). The lowest BCUT2D eigenvalue weighted by atomic mass is 9.64. The molecule has 1 saturated carbocycles. The molecule has 0 saturated heterocycles. The van der Waals surface area contributed by atoms with Crippen molar-refractivity contribution in [2.75, 3.05) is 6.61 Å². The van der Waals surface area contributed by atoms with Gasteiger partial charge in [0.05, 0.1) is 12.7 Å². The molecule has 104 valence electrons. The highest BCUT2D eigenvalue weighted by molar-refractivity contribution is 9.10. The van der Waals surface area contributed by atoms with E-state index < -0.39 is 0 Å². The zero-order valence-electron chi connectivity index (χ0n) is 11.4. The lowest BCUT2D eigenvalue weighted by Crippen LogP contribution is -2.59. The number of aliphatic hydroxyl groups excluding tert-OH is 1. The minimum atomic E-state index is -0.186. The van der Waals surface area contributed by atoms with Gasteiger partial charge in [0, 0.05) is 34.5 Å². The molecular weight excluding hydrogens is 306 g/mol. The smallest absolute Gasteiger partial charge is 0.127 e. The zero-order chi connectivity index (χ0) is 13.6. The number of ether oxygens (including phenoxy) is 1. The minimum Gasteiger partial charge on any atom is -0.493 e. The summed E-state index contributed by atoms with van der Waals surface area (Å²) in [4.78, 5) is 0. The van der Waals surface area contributed by atoms with Crippen LogP contribution in [0.3, 0.4) is 0 Å². The van der Waals surface area contributed by atoms with Gasteiger partial charge in [0.25, 0.3) is 0 Å². The largest absolute Gasteiger partial charge is 0.493 e. The summed E-state index contributed by atoms with van der Waals surface area (Å²) in [6.45, 7) is 5.80. The standard InChI is InChI=1S/C15H20BrNO2/c1-15(2)12(7-13(15)18)17-8-10-6-11(16)5-9-3-4-19-14(9)10/h5-6,12-13,17-18H,3-4,7-8H2,1-2H3. The van der Waals surface area contributed by atoms with Crippen LogP contribution in [0.1, 0.15) is 31.4 Å². The molecule has 0 aromatic heterocycles. The molecule has 4 heteroatoms. The van der Waals surface area contributed by atoms with Crippen LogP contribution in [-0.2, 0) is 13.0 Å². The fourth-order valence-corrected chi connectivity index (χ4v) is 3.51. The number of benzene rings is 1. The molecule has 1 aromatic carbocycles. The third-order valence-electron chi connectivity index (χ3n) is 4.58. The Hall–Kier alpha value is -0.580. The molecular formula is C15H20BrNO2. The molecule has 2 atom stereocenters. The number of hydrogen-bond acceptors (Lipinski definition) is 3. The van der Waals surface area contributed by atoms with Crippen molar-refractivity contribution in [1.82, 2.24) is 5.32 Å². The van der Waals surface area contributed by atoms with E-state index in [1.165, 1.54) is 11.1 Å². The fourth-order valence-electron chi connectivity index (χ4n) is 2.96. The second-order valence-electron chi connectivity index (χ2n) is 6.16. The van der Waals surface area contributed by atoms with E-state index in [0.717, 1.165) is 36.2 Å². The highest BCUT2D eigenvalue weighted by atomic mass is 79.9. The topological polar surface area (TPSA) is 41.5 Å². The van der Waals surface area contributed by atoms with Crippen molar-refractivity contribution < 1.29 is 9.84 Å². The van der Waals surface area contributed by atoms with Crippen LogP contribution in [0, 0.1) is 5.41 Å². The fraction of sp³-hybridized carbons (Fsp3) is 0.600. The molecule has 1 fully saturated rings. The Morgan fingerprint density at radius 3 is 2.95 bits per heavy atom. The summed E-state index contributed by atoms with van der Waals surface area (Å²) in [5.74, 6) is 1.05. The number of rotatable bonds is 3. The first kappa shape index (κ1) is 13.4. The molecule has 2 N–H and O–H groups in total.